The third kappa shape index (κ3) is 4.35. The predicted octanol–water partition coefficient (Wildman–Crippen LogP) is 3.71. The molecule has 1 atom stereocenters. The Morgan fingerprint density at radius 2 is 1.97 bits per heavy atom. The molecule has 4 rings (SSSR count). The summed E-state index contributed by atoms with van der Waals surface area (Å²) in [5.41, 5.74) is 2.84. The number of aryl methyl sites for hydroxylation is 1. The van der Waals surface area contributed by atoms with E-state index < -0.39 is 0 Å². The number of carbonyl (C=O) groups excluding carboxylic acids is 1. The smallest absolute Gasteiger partial charge is 0.279 e. The van der Waals surface area contributed by atoms with Crippen molar-refractivity contribution in [1.82, 2.24) is 15.0 Å². The van der Waals surface area contributed by atoms with Gasteiger partial charge in [0.1, 0.15) is 6.54 Å². The van der Waals surface area contributed by atoms with Gasteiger partial charge in [0.05, 0.1) is 5.39 Å². The van der Waals surface area contributed by atoms with E-state index in [1.54, 1.807) is 11.3 Å². The van der Waals surface area contributed by atoms with Crippen LogP contribution in [0.2, 0.25) is 0 Å². The largest absolute Gasteiger partial charge is 0.378 e. The molecule has 1 aliphatic carbocycles. The van der Waals surface area contributed by atoms with Crippen LogP contribution in [0.4, 0.5) is 11.4 Å². The zero-order valence-electron chi connectivity index (χ0n) is 18.7. The number of hydrogen-bond donors (Lipinski definition) is 1. The quantitative estimate of drug-likeness (QED) is 0.670. The molecule has 1 amide bonds. The SMILES string of the molecule is CN(C)c1ccc(NC(=O)Cn2nnc3sc4c(c3c2=O)CCC(C(C)(C)C)C4)cc1. The molecule has 0 bridgehead atoms. The second-order valence-electron chi connectivity index (χ2n) is 9.53. The van der Waals surface area contributed by atoms with Crippen molar-refractivity contribution in [3.63, 3.8) is 0 Å². The Morgan fingerprint density at radius 1 is 1.26 bits per heavy atom. The van der Waals surface area contributed by atoms with Crippen molar-refractivity contribution in [2.24, 2.45) is 11.3 Å². The summed E-state index contributed by atoms with van der Waals surface area (Å²) in [5.74, 6) is 0.290. The fourth-order valence-electron chi connectivity index (χ4n) is 4.15. The Labute approximate surface area is 186 Å². The maximum absolute atomic E-state index is 13.1. The molecule has 164 valence electrons. The molecule has 3 aromatic rings. The number of carbonyl (C=O) groups is 1. The first-order valence-corrected chi connectivity index (χ1v) is 11.4. The lowest BCUT2D eigenvalue weighted by Crippen LogP contribution is -2.31. The molecule has 1 aliphatic rings. The minimum atomic E-state index is -0.301. The number of nitrogens with zero attached hydrogens (tertiary/aromatic N) is 4. The van der Waals surface area contributed by atoms with E-state index >= 15 is 0 Å². The molecule has 0 saturated carbocycles. The highest BCUT2D eigenvalue weighted by Crippen LogP contribution is 2.41. The molecule has 1 N–H and O–H groups in total. The number of aromatic nitrogens is 3. The molecule has 1 unspecified atom stereocenters. The fraction of sp³-hybridized carbons (Fsp3) is 0.478. The molecular weight excluding hydrogens is 410 g/mol. The van der Waals surface area contributed by atoms with Crippen LogP contribution in [0.5, 0.6) is 0 Å². The first-order chi connectivity index (χ1) is 14.6. The number of benzene rings is 1. The fourth-order valence-corrected chi connectivity index (χ4v) is 5.38. The summed E-state index contributed by atoms with van der Waals surface area (Å²) in [6.07, 6.45) is 2.92. The van der Waals surface area contributed by atoms with Gasteiger partial charge < -0.3 is 10.2 Å². The maximum atomic E-state index is 13.1. The summed E-state index contributed by atoms with van der Waals surface area (Å²) in [5, 5.41) is 11.8. The second kappa shape index (κ2) is 8.07. The standard InChI is InChI=1S/C23H29N5O2S/c1-23(2,3)14-6-11-17-18(12-14)31-21-20(17)22(30)28(26-25-21)13-19(29)24-15-7-9-16(10-8-15)27(4)5/h7-10,14H,6,11-13H2,1-5H3,(H,24,29). The number of fused-ring (bicyclic) bond motifs is 3. The van der Waals surface area contributed by atoms with Crippen molar-refractivity contribution in [3.8, 4) is 0 Å². The van der Waals surface area contributed by atoms with Crippen molar-refractivity contribution in [3.05, 3.63) is 45.1 Å². The molecule has 0 saturated heterocycles. The topological polar surface area (TPSA) is 80.1 Å². The van der Waals surface area contributed by atoms with Crippen LogP contribution in [0.15, 0.2) is 29.1 Å². The Morgan fingerprint density at radius 3 is 2.61 bits per heavy atom. The van der Waals surface area contributed by atoms with Crippen LogP contribution in [-0.4, -0.2) is 35.0 Å². The molecule has 0 aliphatic heterocycles. The molecule has 2 aromatic heterocycles. The van der Waals surface area contributed by atoms with Gasteiger partial charge in [0.25, 0.3) is 5.56 Å². The lowest BCUT2D eigenvalue weighted by molar-refractivity contribution is -0.117. The van der Waals surface area contributed by atoms with Crippen LogP contribution in [0.3, 0.4) is 0 Å². The molecular formula is C23H29N5O2S. The second-order valence-corrected chi connectivity index (χ2v) is 10.6. The molecule has 0 fully saturated rings. The van der Waals surface area contributed by atoms with Gasteiger partial charge in [0.15, 0.2) is 4.83 Å². The van der Waals surface area contributed by atoms with Crippen molar-refractivity contribution < 1.29 is 4.79 Å². The van der Waals surface area contributed by atoms with E-state index in [1.807, 2.05) is 43.3 Å². The van der Waals surface area contributed by atoms with E-state index in [-0.39, 0.29) is 23.4 Å². The van der Waals surface area contributed by atoms with E-state index in [2.05, 4.69) is 36.4 Å². The number of rotatable bonds is 4. The lowest BCUT2D eigenvalue weighted by atomic mass is 9.72. The van der Waals surface area contributed by atoms with Crippen LogP contribution >= 0.6 is 11.3 Å². The highest BCUT2D eigenvalue weighted by atomic mass is 32.1. The van der Waals surface area contributed by atoms with Crippen molar-refractivity contribution >= 4 is 38.8 Å². The van der Waals surface area contributed by atoms with Gasteiger partial charge in [-0.15, -0.1) is 16.4 Å². The van der Waals surface area contributed by atoms with Gasteiger partial charge in [-0.1, -0.05) is 26.0 Å². The predicted molar refractivity (Wildman–Crippen MR) is 126 cm³/mol. The molecule has 0 radical (unpaired) electrons. The van der Waals surface area contributed by atoms with Gasteiger partial charge in [-0.25, -0.2) is 4.68 Å². The number of amides is 1. The van der Waals surface area contributed by atoms with Crippen molar-refractivity contribution in [2.75, 3.05) is 24.3 Å². The minimum Gasteiger partial charge on any atom is -0.378 e. The third-order valence-corrected chi connectivity index (χ3v) is 7.26. The monoisotopic (exact) mass is 439 g/mol. The minimum absolute atomic E-state index is 0.160. The maximum Gasteiger partial charge on any atom is 0.279 e. The first-order valence-electron chi connectivity index (χ1n) is 10.6. The number of thiophene rings is 1. The highest BCUT2D eigenvalue weighted by molar-refractivity contribution is 7.18. The zero-order chi connectivity index (χ0) is 22.3. The van der Waals surface area contributed by atoms with E-state index in [9.17, 15) is 9.59 Å². The zero-order valence-corrected chi connectivity index (χ0v) is 19.5. The van der Waals surface area contributed by atoms with E-state index in [0.717, 1.165) is 30.5 Å². The van der Waals surface area contributed by atoms with E-state index in [4.69, 9.17) is 0 Å². The molecule has 2 heterocycles. The number of hydrogen-bond acceptors (Lipinski definition) is 6. The van der Waals surface area contributed by atoms with Gasteiger partial charge in [-0.2, -0.15) is 0 Å². The molecule has 7 nitrogen and oxygen atoms in total. The summed E-state index contributed by atoms with van der Waals surface area (Å²) in [4.78, 5) is 29.6. The van der Waals surface area contributed by atoms with Crippen LogP contribution < -0.4 is 15.8 Å². The summed E-state index contributed by atoms with van der Waals surface area (Å²) in [7, 11) is 3.92. The Bertz CT molecular complexity index is 1170. The first kappa shape index (κ1) is 21.5. The van der Waals surface area contributed by atoms with Crippen molar-refractivity contribution in [1.29, 1.82) is 0 Å². The third-order valence-electron chi connectivity index (χ3n) is 6.12. The molecule has 1 aromatic carbocycles. The Kier molecular flexibility index (Phi) is 5.60. The summed E-state index contributed by atoms with van der Waals surface area (Å²) >= 11 is 1.58. The van der Waals surface area contributed by atoms with Gasteiger partial charge in [-0.3, -0.25) is 9.59 Å². The highest BCUT2D eigenvalue weighted by Gasteiger charge is 2.32. The van der Waals surface area contributed by atoms with Crippen LogP contribution in [-0.2, 0) is 24.2 Å². The Hall–Kier alpha value is -2.74. The normalized spacial score (nSPS) is 16.2. The summed E-state index contributed by atoms with van der Waals surface area (Å²) in [6.45, 7) is 6.66. The number of anilines is 2. The summed E-state index contributed by atoms with van der Waals surface area (Å²) in [6, 6.07) is 7.53. The molecule has 0 spiro atoms. The average Bonchev–Trinajstić information content (AvgIpc) is 3.08. The molecule has 8 heteroatoms. The van der Waals surface area contributed by atoms with Gasteiger partial charge in [-0.05, 0) is 60.4 Å². The molecule has 31 heavy (non-hydrogen) atoms. The van der Waals surface area contributed by atoms with Crippen LogP contribution in [0.1, 0.15) is 37.6 Å². The average molecular weight is 440 g/mol. The van der Waals surface area contributed by atoms with E-state index in [1.165, 1.54) is 9.56 Å². The van der Waals surface area contributed by atoms with E-state index in [0.29, 0.717) is 21.8 Å². The Balaban J connectivity index is 1.54. The van der Waals surface area contributed by atoms with Crippen molar-refractivity contribution in [2.45, 2.75) is 46.6 Å². The number of nitrogens with one attached hydrogen (secondary N) is 1. The van der Waals surface area contributed by atoms with Gasteiger partial charge in [0, 0.05) is 30.3 Å². The summed E-state index contributed by atoms with van der Waals surface area (Å²) < 4.78 is 1.18. The van der Waals surface area contributed by atoms with Gasteiger partial charge in [0.2, 0.25) is 5.91 Å². The van der Waals surface area contributed by atoms with Crippen LogP contribution in [0, 0.1) is 11.3 Å². The van der Waals surface area contributed by atoms with Gasteiger partial charge >= 0.3 is 0 Å². The van der Waals surface area contributed by atoms with Crippen LogP contribution in [0.25, 0.3) is 10.2 Å². The lowest BCUT2D eigenvalue weighted by Gasteiger charge is -2.33.